The first-order chi connectivity index (χ1) is 12.1. The number of fused-ring (bicyclic) bond motifs is 1. The van der Waals surface area contributed by atoms with E-state index in [1.54, 1.807) is 0 Å². The van der Waals surface area contributed by atoms with Crippen LogP contribution in [0.25, 0.3) is 0 Å². The lowest BCUT2D eigenvalue weighted by Gasteiger charge is -2.50. The van der Waals surface area contributed by atoms with Crippen molar-refractivity contribution in [2.24, 2.45) is 35.0 Å². The van der Waals surface area contributed by atoms with E-state index < -0.39 is 13.9 Å². The van der Waals surface area contributed by atoms with Gasteiger partial charge >= 0.3 is 0 Å². The van der Waals surface area contributed by atoms with Crippen LogP contribution in [0.4, 0.5) is 0 Å². The van der Waals surface area contributed by atoms with E-state index in [-0.39, 0.29) is 34.3 Å². The Morgan fingerprint density at radius 3 is 2.37 bits per heavy atom. The molecule has 1 N–H and O–H groups in total. The van der Waals surface area contributed by atoms with Crippen molar-refractivity contribution < 1.29 is 9.53 Å². The lowest BCUT2D eigenvalue weighted by Crippen LogP contribution is -2.57. The molecule has 154 valence electrons. The molecule has 0 bridgehead atoms. The Labute approximate surface area is 169 Å². The van der Waals surface area contributed by atoms with Gasteiger partial charge in [0.05, 0.1) is 6.10 Å². The normalized spacial score (nSPS) is 37.7. The van der Waals surface area contributed by atoms with Gasteiger partial charge < -0.3 is 9.53 Å². The summed E-state index contributed by atoms with van der Waals surface area (Å²) >= 11 is 0. The van der Waals surface area contributed by atoms with Gasteiger partial charge in [0.1, 0.15) is 5.60 Å². The van der Waals surface area contributed by atoms with Crippen LogP contribution in [0.15, 0.2) is 12.7 Å². The highest BCUT2D eigenvalue weighted by atomic mass is 28.4. The number of allylic oxidation sites excluding steroid dienone is 1. The maximum absolute atomic E-state index is 11.7. The Morgan fingerprint density at radius 2 is 1.93 bits per heavy atom. The third-order valence-electron chi connectivity index (χ3n) is 8.31. The average molecular weight is 391 g/mol. The van der Waals surface area contributed by atoms with Gasteiger partial charge in [0, 0.05) is 5.92 Å². The molecule has 0 aromatic rings. The smallest absolute Gasteiger partial charge is 0.192 e. The van der Waals surface area contributed by atoms with Crippen LogP contribution >= 0.6 is 0 Å². The van der Waals surface area contributed by atoms with Gasteiger partial charge in [0.25, 0.3) is 0 Å². The average Bonchev–Trinajstić information content (AvgIpc) is 3.06. The summed E-state index contributed by atoms with van der Waals surface area (Å²) in [6.45, 7) is 24.4. The third-order valence-corrected chi connectivity index (χ3v) is 12.8. The molecule has 2 aliphatic carbocycles. The number of terminal acetylenes is 1. The summed E-state index contributed by atoms with van der Waals surface area (Å²) in [7, 11) is -2.01. The molecule has 2 aliphatic rings. The van der Waals surface area contributed by atoms with Gasteiger partial charge in [0.15, 0.2) is 8.32 Å². The minimum atomic E-state index is -2.01. The molecule has 7 atom stereocenters. The zero-order valence-corrected chi connectivity index (χ0v) is 20.1. The number of rotatable bonds is 6. The van der Waals surface area contributed by atoms with Crippen molar-refractivity contribution in [1.82, 2.24) is 0 Å². The first kappa shape index (κ1) is 22.7. The Balaban J connectivity index is 2.52. The summed E-state index contributed by atoms with van der Waals surface area (Å²) < 4.78 is 7.03. The standard InChI is InChI=1S/C24H42O2Si/c1-12-14-16(3)21(26-27(10,11)22(5,6)7)20-19-18(23(19,8)9)15-17(4)24(20,25)13-2/h2,12,16-21,25H,1,14-15H2,3-11H3/t16-,17-,18-,19+,20-,21-,24-/m1/s1. The summed E-state index contributed by atoms with van der Waals surface area (Å²) in [4.78, 5) is 0. The molecule has 0 aliphatic heterocycles. The first-order valence-corrected chi connectivity index (χ1v) is 13.5. The van der Waals surface area contributed by atoms with Gasteiger partial charge in [-0.1, -0.05) is 60.5 Å². The number of hydrogen-bond donors (Lipinski definition) is 1. The van der Waals surface area contributed by atoms with Gasteiger partial charge in [-0.05, 0) is 60.1 Å². The van der Waals surface area contributed by atoms with E-state index in [1.165, 1.54) is 0 Å². The lowest BCUT2D eigenvalue weighted by molar-refractivity contribution is -0.104. The van der Waals surface area contributed by atoms with Crippen LogP contribution < -0.4 is 0 Å². The zero-order valence-electron chi connectivity index (χ0n) is 19.1. The van der Waals surface area contributed by atoms with Crippen molar-refractivity contribution in [2.45, 2.75) is 91.1 Å². The second-order valence-corrected chi connectivity index (χ2v) is 16.2. The minimum absolute atomic E-state index is 0.0182. The van der Waals surface area contributed by atoms with Crippen LogP contribution in [0.2, 0.25) is 18.1 Å². The van der Waals surface area contributed by atoms with Crippen molar-refractivity contribution in [2.75, 3.05) is 0 Å². The van der Waals surface area contributed by atoms with Gasteiger partial charge in [-0.2, -0.15) is 0 Å². The molecule has 0 saturated heterocycles. The minimum Gasteiger partial charge on any atom is -0.413 e. The van der Waals surface area contributed by atoms with Crippen LogP contribution in [-0.4, -0.2) is 25.1 Å². The van der Waals surface area contributed by atoms with E-state index in [0.717, 1.165) is 12.8 Å². The highest BCUT2D eigenvalue weighted by Crippen LogP contribution is 2.71. The van der Waals surface area contributed by atoms with E-state index in [1.807, 2.05) is 6.08 Å². The molecule has 2 saturated carbocycles. The highest BCUT2D eigenvalue weighted by Gasteiger charge is 2.71. The molecule has 2 fully saturated rings. The fourth-order valence-electron chi connectivity index (χ4n) is 5.26. The van der Waals surface area contributed by atoms with Crippen molar-refractivity contribution in [3.05, 3.63) is 12.7 Å². The predicted molar refractivity (Wildman–Crippen MR) is 118 cm³/mol. The zero-order chi connectivity index (χ0) is 21.0. The van der Waals surface area contributed by atoms with E-state index >= 15 is 0 Å². The Bertz CT molecular complexity index is 609. The topological polar surface area (TPSA) is 29.5 Å². The monoisotopic (exact) mass is 390 g/mol. The molecule has 0 heterocycles. The molecule has 0 amide bonds. The molecule has 0 radical (unpaired) electrons. The first-order valence-electron chi connectivity index (χ1n) is 10.6. The predicted octanol–water partition coefficient (Wildman–Crippen LogP) is 5.88. The van der Waals surface area contributed by atoms with Crippen LogP contribution in [0.3, 0.4) is 0 Å². The number of hydrogen-bond acceptors (Lipinski definition) is 2. The van der Waals surface area contributed by atoms with Gasteiger partial charge in [-0.25, -0.2) is 0 Å². The summed E-state index contributed by atoms with van der Waals surface area (Å²) in [6, 6.07) is 0. The summed E-state index contributed by atoms with van der Waals surface area (Å²) in [5.74, 6) is 4.26. The molecule has 3 heteroatoms. The highest BCUT2D eigenvalue weighted by molar-refractivity contribution is 6.74. The number of aliphatic hydroxyl groups is 1. The van der Waals surface area contributed by atoms with Gasteiger partial charge in [-0.3, -0.25) is 0 Å². The van der Waals surface area contributed by atoms with Crippen molar-refractivity contribution >= 4 is 8.32 Å². The molecule has 0 spiro atoms. The van der Waals surface area contributed by atoms with Crippen molar-refractivity contribution in [3.63, 3.8) is 0 Å². The van der Waals surface area contributed by atoms with Crippen LogP contribution in [0.1, 0.15) is 61.3 Å². The Hall–Kier alpha value is -0.563. The lowest BCUT2D eigenvalue weighted by atomic mass is 9.65. The van der Waals surface area contributed by atoms with E-state index in [9.17, 15) is 5.11 Å². The maximum Gasteiger partial charge on any atom is 0.192 e. The van der Waals surface area contributed by atoms with E-state index in [2.05, 4.69) is 74.1 Å². The largest absolute Gasteiger partial charge is 0.413 e. The van der Waals surface area contributed by atoms with Crippen molar-refractivity contribution in [3.8, 4) is 12.3 Å². The molecule has 0 aromatic carbocycles. The quantitative estimate of drug-likeness (QED) is 0.348. The maximum atomic E-state index is 11.7. The molecule has 2 nitrogen and oxygen atoms in total. The van der Waals surface area contributed by atoms with E-state index in [0.29, 0.717) is 11.8 Å². The fourth-order valence-corrected chi connectivity index (χ4v) is 6.68. The molecule has 0 aromatic heterocycles. The van der Waals surface area contributed by atoms with E-state index in [4.69, 9.17) is 10.8 Å². The Morgan fingerprint density at radius 1 is 1.37 bits per heavy atom. The SMILES string of the molecule is C#C[C@]1(O)[C@@H]([C@H](O[Si](C)(C)C(C)(C)C)[C@H](C)CC=C)[C@@H]2[C@@H](C[C@H]1C)C2(C)C. The van der Waals surface area contributed by atoms with Crippen LogP contribution in [-0.2, 0) is 4.43 Å². The second-order valence-electron chi connectivity index (χ2n) is 11.4. The fraction of sp³-hybridized carbons (Fsp3) is 0.833. The third kappa shape index (κ3) is 3.70. The Kier molecular flexibility index (Phi) is 5.93. The van der Waals surface area contributed by atoms with Gasteiger partial charge in [0.2, 0.25) is 0 Å². The van der Waals surface area contributed by atoms with Gasteiger partial charge in [-0.15, -0.1) is 13.0 Å². The summed E-state index contributed by atoms with van der Waals surface area (Å²) in [5.41, 5.74) is -0.874. The molecular weight excluding hydrogens is 348 g/mol. The molecular formula is C24H42O2Si. The van der Waals surface area contributed by atoms with Crippen LogP contribution in [0.5, 0.6) is 0 Å². The molecule has 27 heavy (non-hydrogen) atoms. The van der Waals surface area contributed by atoms with Crippen molar-refractivity contribution in [1.29, 1.82) is 0 Å². The summed E-state index contributed by atoms with van der Waals surface area (Å²) in [6.07, 6.45) is 9.81. The molecule has 2 rings (SSSR count). The second kappa shape index (κ2) is 7.04. The molecule has 0 unspecified atom stereocenters. The summed E-state index contributed by atoms with van der Waals surface area (Å²) in [5, 5.41) is 11.8. The van der Waals surface area contributed by atoms with Crippen LogP contribution in [0, 0.1) is 47.3 Å².